The number of rotatable bonds is 0. The van der Waals surface area contributed by atoms with Crippen LogP contribution in [0, 0.1) is 17.8 Å². The van der Waals surface area contributed by atoms with Gasteiger partial charge in [-0.1, -0.05) is 0 Å². The zero-order valence-electron chi connectivity index (χ0n) is 7.03. The van der Waals surface area contributed by atoms with Crippen LogP contribution in [0.2, 0.25) is 0 Å². The van der Waals surface area contributed by atoms with Crippen LogP contribution in [0.3, 0.4) is 0 Å². The lowest BCUT2D eigenvalue weighted by Crippen LogP contribution is -2.09. The van der Waals surface area contributed by atoms with Crippen molar-refractivity contribution in [2.24, 2.45) is 0 Å². The second-order valence-electron chi connectivity index (χ2n) is 2.61. The highest BCUT2D eigenvalue weighted by Crippen LogP contribution is 2.18. The van der Waals surface area contributed by atoms with Crippen LogP contribution in [-0.2, 0) is 0 Å². The Hall–Kier alpha value is -0.590. The Morgan fingerprint density at radius 1 is 1.38 bits per heavy atom. The minimum absolute atomic E-state index is 0.0446. The zero-order chi connectivity index (χ0) is 9.59. The normalized spacial score (nSPS) is 10.9. The summed E-state index contributed by atoms with van der Waals surface area (Å²) in [7, 11) is 0. The molecule has 0 atom stereocenters. The molecule has 2 aromatic rings. The molecule has 0 bridgehead atoms. The van der Waals surface area contributed by atoms with E-state index in [2.05, 4.69) is 4.98 Å². The molecule has 2 rings (SSSR count). The van der Waals surface area contributed by atoms with Crippen LogP contribution >= 0.6 is 34.9 Å². The van der Waals surface area contributed by atoms with Crippen molar-refractivity contribution in [1.82, 2.24) is 9.38 Å². The van der Waals surface area contributed by atoms with Gasteiger partial charge in [0.15, 0.2) is 8.92 Å². The standard InChI is InChI=1S/C7H6N2OS3/c1-3-4(2)12-5-8-6(11)13-7(10)9(3)5/h1-2H3. The first-order chi connectivity index (χ1) is 6.09. The number of fused-ring (bicyclic) bond motifs is 1. The molecule has 2 aromatic heterocycles. The molecular formula is C7H6N2OS3. The van der Waals surface area contributed by atoms with Crippen LogP contribution in [0.15, 0.2) is 4.79 Å². The van der Waals surface area contributed by atoms with E-state index < -0.39 is 0 Å². The molecule has 0 amide bonds. The van der Waals surface area contributed by atoms with Gasteiger partial charge in [0, 0.05) is 10.6 Å². The Bertz CT molecular complexity index is 577. The van der Waals surface area contributed by atoms with Gasteiger partial charge in [0.05, 0.1) is 0 Å². The Morgan fingerprint density at radius 3 is 2.77 bits per heavy atom. The SMILES string of the molecule is Cc1sc2nc(=S)sc(=O)n2c1C. The molecule has 0 aliphatic carbocycles. The number of hydrogen-bond acceptors (Lipinski definition) is 5. The van der Waals surface area contributed by atoms with Crippen molar-refractivity contribution in [3.8, 4) is 0 Å². The quantitative estimate of drug-likeness (QED) is 0.650. The van der Waals surface area contributed by atoms with Crippen LogP contribution in [-0.4, -0.2) is 9.38 Å². The predicted molar refractivity (Wildman–Crippen MR) is 57.5 cm³/mol. The van der Waals surface area contributed by atoms with E-state index in [4.69, 9.17) is 12.2 Å². The van der Waals surface area contributed by atoms with Crippen molar-refractivity contribution in [3.63, 3.8) is 0 Å². The highest BCUT2D eigenvalue weighted by Gasteiger charge is 2.07. The van der Waals surface area contributed by atoms with Crippen molar-refractivity contribution in [2.45, 2.75) is 13.8 Å². The van der Waals surface area contributed by atoms with Gasteiger partial charge in [-0.15, -0.1) is 11.3 Å². The Kier molecular flexibility index (Phi) is 2.05. The Balaban J connectivity index is 3.12. The predicted octanol–water partition coefficient (Wildman–Crippen LogP) is 2.16. The number of hydrogen-bond donors (Lipinski definition) is 0. The van der Waals surface area contributed by atoms with Crippen LogP contribution in [0.1, 0.15) is 10.6 Å². The second kappa shape index (κ2) is 2.97. The fourth-order valence-corrected chi connectivity index (χ4v) is 3.10. The average molecular weight is 230 g/mol. The van der Waals surface area contributed by atoms with Crippen molar-refractivity contribution in [1.29, 1.82) is 0 Å². The molecule has 0 aromatic carbocycles. The number of aromatic nitrogens is 2. The van der Waals surface area contributed by atoms with Crippen molar-refractivity contribution < 1.29 is 0 Å². The fourth-order valence-electron chi connectivity index (χ4n) is 1.07. The smallest absolute Gasteiger partial charge is 0.256 e. The van der Waals surface area contributed by atoms with Gasteiger partial charge >= 0.3 is 4.87 Å². The third kappa shape index (κ3) is 1.34. The minimum atomic E-state index is -0.0446. The lowest BCUT2D eigenvalue weighted by molar-refractivity contribution is 1.05. The first kappa shape index (κ1) is 8.98. The van der Waals surface area contributed by atoms with E-state index in [1.807, 2.05) is 13.8 Å². The second-order valence-corrected chi connectivity index (χ2v) is 5.37. The molecule has 6 heteroatoms. The molecule has 0 aliphatic rings. The summed E-state index contributed by atoms with van der Waals surface area (Å²) in [5.74, 6) is 0. The van der Waals surface area contributed by atoms with Crippen molar-refractivity contribution >= 4 is 39.9 Å². The summed E-state index contributed by atoms with van der Waals surface area (Å²) in [4.78, 5) is 17.4. The highest BCUT2D eigenvalue weighted by molar-refractivity contribution is 7.73. The van der Waals surface area contributed by atoms with E-state index in [9.17, 15) is 4.79 Å². The van der Waals surface area contributed by atoms with E-state index in [-0.39, 0.29) is 4.87 Å². The molecule has 0 radical (unpaired) electrons. The first-order valence-electron chi connectivity index (χ1n) is 3.59. The van der Waals surface area contributed by atoms with Gasteiger partial charge < -0.3 is 0 Å². The summed E-state index contributed by atoms with van der Waals surface area (Å²) < 4.78 is 2.02. The summed E-state index contributed by atoms with van der Waals surface area (Å²) in [5.41, 5.74) is 0.962. The summed E-state index contributed by atoms with van der Waals surface area (Å²) >= 11 is 7.39. The molecule has 3 nitrogen and oxygen atoms in total. The van der Waals surface area contributed by atoms with Crippen LogP contribution < -0.4 is 4.87 Å². The molecule has 0 fully saturated rings. The van der Waals surface area contributed by atoms with Gasteiger partial charge in [-0.05, 0) is 37.4 Å². The molecule has 0 unspecified atom stereocenters. The molecule has 0 aliphatic heterocycles. The average Bonchev–Trinajstić information content (AvgIpc) is 2.27. The molecular weight excluding hydrogens is 224 g/mol. The topological polar surface area (TPSA) is 34.4 Å². The Morgan fingerprint density at radius 2 is 2.08 bits per heavy atom. The van der Waals surface area contributed by atoms with Crippen LogP contribution in [0.5, 0.6) is 0 Å². The largest absolute Gasteiger partial charge is 0.316 e. The van der Waals surface area contributed by atoms with Gasteiger partial charge in [-0.3, -0.25) is 4.79 Å². The van der Waals surface area contributed by atoms with E-state index in [1.165, 1.54) is 11.3 Å². The lowest BCUT2D eigenvalue weighted by atomic mass is 10.4. The molecule has 68 valence electrons. The first-order valence-corrected chi connectivity index (χ1v) is 5.63. The maximum atomic E-state index is 11.5. The molecule has 2 heterocycles. The van der Waals surface area contributed by atoms with Gasteiger partial charge in [0.1, 0.15) is 0 Å². The monoisotopic (exact) mass is 230 g/mol. The van der Waals surface area contributed by atoms with Crippen LogP contribution in [0.25, 0.3) is 4.96 Å². The zero-order valence-corrected chi connectivity index (χ0v) is 9.48. The number of aryl methyl sites for hydroxylation is 2. The maximum Gasteiger partial charge on any atom is 0.316 e. The third-order valence-electron chi connectivity index (χ3n) is 1.82. The van der Waals surface area contributed by atoms with E-state index in [1.54, 1.807) is 4.40 Å². The maximum absolute atomic E-state index is 11.5. The summed E-state index contributed by atoms with van der Waals surface area (Å²) in [5, 5.41) is 0. The van der Waals surface area contributed by atoms with E-state index in [0.29, 0.717) is 8.92 Å². The summed E-state index contributed by atoms with van der Waals surface area (Å²) in [6, 6.07) is 0. The van der Waals surface area contributed by atoms with Crippen molar-refractivity contribution in [3.05, 3.63) is 24.2 Å². The molecule has 0 saturated carbocycles. The Labute approximate surface area is 87.3 Å². The van der Waals surface area contributed by atoms with Gasteiger partial charge in [-0.25, -0.2) is 4.40 Å². The number of thiazole rings is 1. The lowest BCUT2D eigenvalue weighted by Gasteiger charge is -1.91. The van der Waals surface area contributed by atoms with E-state index >= 15 is 0 Å². The minimum Gasteiger partial charge on any atom is -0.256 e. The third-order valence-corrected chi connectivity index (χ3v) is 3.85. The van der Waals surface area contributed by atoms with Crippen LogP contribution in [0.4, 0.5) is 0 Å². The molecule has 0 N–H and O–H groups in total. The molecule has 0 saturated heterocycles. The fraction of sp³-hybridized carbons (Fsp3) is 0.286. The number of nitrogens with zero attached hydrogens (tertiary/aromatic N) is 2. The van der Waals surface area contributed by atoms with Gasteiger partial charge in [0.25, 0.3) is 0 Å². The summed E-state index contributed by atoms with van der Waals surface area (Å²) in [6.07, 6.45) is 0. The molecule has 0 spiro atoms. The summed E-state index contributed by atoms with van der Waals surface area (Å²) in [6.45, 7) is 3.89. The van der Waals surface area contributed by atoms with E-state index in [0.717, 1.165) is 21.9 Å². The van der Waals surface area contributed by atoms with Gasteiger partial charge in [-0.2, -0.15) is 4.98 Å². The molecule has 13 heavy (non-hydrogen) atoms. The highest BCUT2D eigenvalue weighted by atomic mass is 32.1. The van der Waals surface area contributed by atoms with Crippen molar-refractivity contribution in [2.75, 3.05) is 0 Å². The van der Waals surface area contributed by atoms with Gasteiger partial charge in [0.2, 0.25) is 0 Å².